The highest BCUT2D eigenvalue weighted by molar-refractivity contribution is 7.26. The van der Waals surface area contributed by atoms with Crippen LogP contribution in [0.4, 0.5) is 0 Å². The fourth-order valence-electron chi connectivity index (χ4n) is 8.48. The molecule has 12 rings (SSSR count). The van der Waals surface area contributed by atoms with Crippen LogP contribution in [0, 0.1) is 0 Å². The first-order valence-electron chi connectivity index (χ1n) is 19.0. The molecule has 0 aliphatic heterocycles. The fraction of sp³-hybridized carbons (Fsp3) is 0. The van der Waals surface area contributed by atoms with Crippen molar-refractivity contribution in [2.24, 2.45) is 0 Å². The first-order valence-corrected chi connectivity index (χ1v) is 20.7. The van der Waals surface area contributed by atoms with E-state index in [0.29, 0.717) is 17.5 Å². The van der Waals surface area contributed by atoms with Crippen LogP contribution in [-0.2, 0) is 0 Å². The van der Waals surface area contributed by atoms with E-state index in [1.54, 1.807) is 0 Å². The summed E-state index contributed by atoms with van der Waals surface area (Å²) in [5.41, 5.74) is 8.89. The van der Waals surface area contributed by atoms with Gasteiger partial charge in [-0.25, -0.2) is 15.0 Å². The molecule has 6 heteroatoms. The number of hydrogen-bond acceptors (Lipinski definition) is 5. The number of thiophene rings is 2. The Kier molecular flexibility index (Phi) is 7.24. The lowest BCUT2D eigenvalue weighted by molar-refractivity contribution is 1.08. The van der Waals surface area contributed by atoms with Gasteiger partial charge in [0.25, 0.3) is 0 Å². The van der Waals surface area contributed by atoms with Gasteiger partial charge in [-0.1, -0.05) is 127 Å². The minimum absolute atomic E-state index is 0.660. The van der Waals surface area contributed by atoms with Crippen LogP contribution in [0.2, 0.25) is 0 Å². The van der Waals surface area contributed by atoms with Crippen LogP contribution in [0.3, 0.4) is 0 Å². The van der Waals surface area contributed by atoms with Crippen LogP contribution >= 0.6 is 22.7 Å². The van der Waals surface area contributed by atoms with Gasteiger partial charge in [0.05, 0.1) is 16.7 Å². The Morgan fingerprint density at radius 3 is 1.63 bits per heavy atom. The highest BCUT2D eigenvalue weighted by atomic mass is 32.1. The molecule has 57 heavy (non-hydrogen) atoms. The summed E-state index contributed by atoms with van der Waals surface area (Å²) in [5, 5.41) is 7.45. The summed E-state index contributed by atoms with van der Waals surface area (Å²) in [6.45, 7) is 0. The van der Waals surface area contributed by atoms with Crippen molar-refractivity contribution in [3.05, 3.63) is 182 Å². The molecule has 0 unspecified atom stereocenters. The van der Waals surface area contributed by atoms with Crippen molar-refractivity contribution < 1.29 is 0 Å². The van der Waals surface area contributed by atoms with Crippen LogP contribution in [0.15, 0.2) is 182 Å². The molecule has 0 saturated heterocycles. The summed E-state index contributed by atoms with van der Waals surface area (Å²) in [6.07, 6.45) is 0. The molecule has 8 aromatic carbocycles. The van der Waals surface area contributed by atoms with Gasteiger partial charge < -0.3 is 4.57 Å². The van der Waals surface area contributed by atoms with Crippen molar-refractivity contribution in [1.82, 2.24) is 19.5 Å². The van der Waals surface area contributed by atoms with Gasteiger partial charge in [-0.3, -0.25) is 0 Å². The zero-order valence-corrected chi connectivity index (χ0v) is 32.1. The molecular formula is C51H30N4S2. The first-order chi connectivity index (χ1) is 28.2. The number of nitrogens with zero attached hydrogens (tertiary/aromatic N) is 4. The number of hydrogen-bond donors (Lipinski definition) is 0. The van der Waals surface area contributed by atoms with E-state index in [2.05, 4.69) is 150 Å². The Labute approximate surface area is 335 Å². The maximum atomic E-state index is 5.12. The summed E-state index contributed by atoms with van der Waals surface area (Å²) in [7, 11) is 0. The fourth-order valence-corrected chi connectivity index (χ4v) is 10.7. The Hall–Kier alpha value is -6.99. The molecular weight excluding hydrogens is 733 g/mol. The highest BCUT2D eigenvalue weighted by Gasteiger charge is 2.20. The van der Waals surface area contributed by atoms with Gasteiger partial charge in [-0.15, -0.1) is 22.7 Å². The third-order valence-corrected chi connectivity index (χ3v) is 13.3. The maximum absolute atomic E-state index is 5.12. The van der Waals surface area contributed by atoms with Crippen LogP contribution < -0.4 is 0 Å². The summed E-state index contributed by atoms with van der Waals surface area (Å²) in [6, 6.07) is 65.0. The van der Waals surface area contributed by atoms with E-state index in [-0.39, 0.29) is 0 Å². The second-order valence-electron chi connectivity index (χ2n) is 14.4. The van der Waals surface area contributed by atoms with Crippen molar-refractivity contribution in [2.45, 2.75) is 0 Å². The van der Waals surface area contributed by atoms with E-state index in [1.165, 1.54) is 73.6 Å². The van der Waals surface area contributed by atoms with E-state index >= 15 is 0 Å². The van der Waals surface area contributed by atoms with Gasteiger partial charge in [0, 0.05) is 67.8 Å². The zero-order chi connectivity index (χ0) is 37.5. The monoisotopic (exact) mass is 762 g/mol. The third kappa shape index (κ3) is 5.15. The van der Waals surface area contributed by atoms with E-state index in [9.17, 15) is 0 Å². The van der Waals surface area contributed by atoms with Crippen molar-refractivity contribution in [1.29, 1.82) is 0 Å². The lowest BCUT2D eigenvalue weighted by Gasteiger charge is -2.11. The predicted octanol–water partition coefficient (Wildman–Crippen LogP) is 14.4. The van der Waals surface area contributed by atoms with Crippen molar-refractivity contribution >= 4 is 84.8 Å². The van der Waals surface area contributed by atoms with E-state index in [4.69, 9.17) is 15.0 Å². The lowest BCUT2D eigenvalue weighted by Crippen LogP contribution is -2.00. The second-order valence-corrected chi connectivity index (χ2v) is 16.5. The molecule has 0 saturated carbocycles. The van der Waals surface area contributed by atoms with E-state index in [1.807, 2.05) is 59.1 Å². The summed E-state index contributed by atoms with van der Waals surface area (Å²) in [5.74, 6) is 1.99. The van der Waals surface area contributed by atoms with Gasteiger partial charge in [-0.05, 0) is 65.7 Å². The average Bonchev–Trinajstić information content (AvgIpc) is 3.96. The van der Waals surface area contributed by atoms with Crippen LogP contribution in [-0.4, -0.2) is 19.5 Å². The Morgan fingerprint density at radius 1 is 0.333 bits per heavy atom. The maximum Gasteiger partial charge on any atom is 0.164 e. The molecule has 0 aliphatic carbocycles. The van der Waals surface area contributed by atoms with E-state index in [0.717, 1.165) is 22.1 Å². The molecule has 0 aliphatic rings. The van der Waals surface area contributed by atoms with Gasteiger partial charge >= 0.3 is 0 Å². The molecule has 0 radical (unpaired) electrons. The number of aromatic nitrogens is 4. The lowest BCUT2D eigenvalue weighted by atomic mass is 9.99. The average molecular weight is 763 g/mol. The summed E-state index contributed by atoms with van der Waals surface area (Å²) >= 11 is 3.67. The number of benzene rings is 8. The molecule has 0 N–H and O–H groups in total. The van der Waals surface area contributed by atoms with Crippen LogP contribution in [0.1, 0.15) is 0 Å². The number of fused-ring (bicyclic) bond motifs is 9. The Bertz CT molecular complexity index is 3470. The Morgan fingerprint density at radius 2 is 0.877 bits per heavy atom. The van der Waals surface area contributed by atoms with Gasteiger partial charge in [-0.2, -0.15) is 0 Å². The van der Waals surface area contributed by atoms with Crippen molar-refractivity contribution in [3.63, 3.8) is 0 Å². The third-order valence-electron chi connectivity index (χ3n) is 11.1. The normalized spacial score (nSPS) is 11.9. The molecule has 4 nitrogen and oxygen atoms in total. The largest absolute Gasteiger partial charge is 0.309 e. The molecule has 0 atom stereocenters. The molecule has 0 spiro atoms. The highest BCUT2D eigenvalue weighted by Crippen LogP contribution is 2.44. The summed E-state index contributed by atoms with van der Waals surface area (Å²) in [4.78, 5) is 15.2. The quantitative estimate of drug-likeness (QED) is 0.175. The molecule has 266 valence electrons. The molecule has 0 bridgehead atoms. The van der Waals surface area contributed by atoms with Crippen LogP contribution in [0.5, 0.6) is 0 Å². The predicted molar refractivity (Wildman–Crippen MR) is 242 cm³/mol. The van der Waals surface area contributed by atoms with Crippen molar-refractivity contribution in [2.75, 3.05) is 0 Å². The number of para-hydroxylation sites is 1. The standard InChI is InChI=1S/C51H30N4S2/c1-3-13-31(14-4-1)49-52-50(32-15-5-2-6-16-32)54-51(53-49)37-19-11-23-45-47(37)39-30-34(26-28-44(39)57-45)33-25-27-41-38(29-33)35-17-7-9-20-40(35)55(41)42-21-12-24-46-48(42)36-18-8-10-22-43(36)56-46/h1-30H. The summed E-state index contributed by atoms with van der Waals surface area (Å²) < 4.78 is 7.51. The van der Waals surface area contributed by atoms with E-state index < -0.39 is 0 Å². The van der Waals surface area contributed by atoms with Gasteiger partial charge in [0.1, 0.15) is 0 Å². The minimum Gasteiger partial charge on any atom is -0.309 e. The zero-order valence-electron chi connectivity index (χ0n) is 30.4. The SMILES string of the molecule is c1ccc(-c2nc(-c3ccccc3)nc(-c3cccc4sc5ccc(-c6ccc7c(c6)c6ccccc6n7-c6cccc7sc8ccccc8c67)cc5c34)n2)cc1. The smallest absolute Gasteiger partial charge is 0.164 e. The molecule has 12 aromatic rings. The second kappa shape index (κ2) is 12.8. The van der Waals surface area contributed by atoms with Crippen LogP contribution in [0.25, 0.3) is 113 Å². The van der Waals surface area contributed by atoms with Gasteiger partial charge in [0.15, 0.2) is 17.5 Å². The molecule has 4 heterocycles. The molecule has 0 amide bonds. The topological polar surface area (TPSA) is 43.6 Å². The molecule has 4 aromatic heterocycles. The van der Waals surface area contributed by atoms with Gasteiger partial charge in [0.2, 0.25) is 0 Å². The molecule has 0 fully saturated rings. The van der Waals surface area contributed by atoms with Crippen molar-refractivity contribution in [3.8, 4) is 51.0 Å². The number of rotatable bonds is 5. The minimum atomic E-state index is 0.660. The first kappa shape index (κ1) is 32.3. The Balaban J connectivity index is 1.04.